The molecule has 1 unspecified atom stereocenters. The lowest BCUT2D eigenvalue weighted by Crippen LogP contribution is -2.39. The molecule has 1 aromatic carbocycles. The van der Waals surface area contributed by atoms with Crippen molar-refractivity contribution in [2.75, 3.05) is 26.7 Å². The molecule has 0 amide bonds. The van der Waals surface area contributed by atoms with Gasteiger partial charge in [0.15, 0.2) is 17.4 Å². The standard InChI is InChI=1S/C15H22F2N2O/c1-3-12-10-18(2)5-4-6-19(12)9-11-7-13(16)15(20)14(17)8-11/h7-8,12,20H,3-6,9-10H2,1-2H3. The molecule has 1 atom stereocenters. The summed E-state index contributed by atoms with van der Waals surface area (Å²) in [5.74, 6) is -2.67. The molecular formula is C15H22F2N2O. The first-order chi connectivity index (χ1) is 9.51. The minimum absolute atomic E-state index is 0.391. The molecule has 0 radical (unpaired) electrons. The van der Waals surface area contributed by atoms with Crippen LogP contribution in [0.5, 0.6) is 5.75 Å². The van der Waals surface area contributed by atoms with Gasteiger partial charge in [-0.1, -0.05) is 6.92 Å². The van der Waals surface area contributed by atoms with Crippen molar-refractivity contribution in [3.05, 3.63) is 29.3 Å². The van der Waals surface area contributed by atoms with Crippen LogP contribution >= 0.6 is 0 Å². The summed E-state index contributed by atoms with van der Waals surface area (Å²) in [6, 6.07) is 2.84. The highest BCUT2D eigenvalue weighted by molar-refractivity contribution is 5.30. The van der Waals surface area contributed by atoms with Gasteiger partial charge in [-0.25, -0.2) is 8.78 Å². The summed E-state index contributed by atoms with van der Waals surface area (Å²) in [4.78, 5) is 4.57. The van der Waals surface area contributed by atoms with Crippen LogP contribution in [0.2, 0.25) is 0 Å². The smallest absolute Gasteiger partial charge is 0.187 e. The first-order valence-corrected chi connectivity index (χ1v) is 7.10. The van der Waals surface area contributed by atoms with Crippen LogP contribution in [-0.4, -0.2) is 47.6 Å². The zero-order valence-corrected chi connectivity index (χ0v) is 12.1. The average molecular weight is 284 g/mol. The Morgan fingerprint density at radius 2 is 1.90 bits per heavy atom. The van der Waals surface area contributed by atoms with Gasteiger partial charge in [-0.05, 0) is 44.1 Å². The molecule has 1 saturated heterocycles. The summed E-state index contributed by atoms with van der Waals surface area (Å²) < 4.78 is 26.8. The van der Waals surface area contributed by atoms with Crippen molar-refractivity contribution in [1.82, 2.24) is 9.80 Å². The first-order valence-electron chi connectivity index (χ1n) is 7.10. The van der Waals surface area contributed by atoms with Gasteiger partial charge >= 0.3 is 0 Å². The summed E-state index contributed by atoms with van der Waals surface area (Å²) >= 11 is 0. The number of aromatic hydroxyl groups is 1. The molecule has 2 rings (SSSR count). The van der Waals surface area contributed by atoms with Gasteiger partial charge in [0, 0.05) is 25.7 Å². The summed E-state index contributed by atoms with van der Waals surface area (Å²) in [5.41, 5.74) is 0.570. The van der Waals surface area contributed by atoms with E-state index in [9.17, 15) is 8.78 Å². The van der Waals surface area contributed by atoms with Gasteiger partial charge in [0.1, 0.15) is 0 Å². The van der Waals surface area contributed by atoms with Gasteiger partial charge in [0.25, 0.3) is 0 Å². The lowest BCUT2D eigenvalue weighted by molar-refractivity contribution is 0.175. The van der Waals surface area contributed by atoms with Crippen LogP contribution in [0, 0.1) is 11.6 Å². The molecule has 3 nitrogen and oxygen atoms in total. The molecule has 1 fully saturated rings. The normalized spacial score (nSPS) is 21.9. The number of hydrogen-bond donors (Lipinski definition) is 1. The highest BCUT2D eigenvalue weighted by atomic mass is 19.1. The number of benzene rings is 1. The van der Waals surface area contributed by atoms with Gasteiger partial charge in [0.05, 0.1) is 0 Å². The fraction of sp³-hybridized carbons (Fsp3) is 0.600. The van der Waals surface area contributed by atoms with Crippen LogP contribution in [-0.2, 0) is 6.54 Å². The highest BCUT2D eigenvalue weighted by Gasteiger charge is 2.22. The predicted molar refractivity (Wildman–Crippen MR) is 74.6 cm³/mol. The molecule has 1 aliphatic rings. The summed E-state index contributed by atoms with van der Waals surface area (Å²) in [6.45, 7) is 5.59. The molecular weight excluding hydrogens is 262 g/mol. The third-order valence-corrected chi connectivity index (χ3v) is 3.96. The molecule has 0 saturated carbocycles. The van der Waals surface area contributed by atoms with Gasteiger partial charge in [-0.15, -0.1) is 0 Å². The van der Waals surface area contributed by atoms with E-state index in [0.717, 1.165) is 32.5 Å². The van der Waals surface area contributed by atoms with E-state index in [4.69, 9.17) is 5.11 Å². The Kier molecular flexibility index (Phi) is 4.94. The molecule has 1 aromatic rings. The topological polar surface area (TPSA) is 26.7 Å². The number of rotatable bonds is 3. The zero-order valence-electron chi connectivity index (χ0n) is 12.1. The second-order valence-electron chi connectivity index (χ2n) is 5.56. The average Bonchev–Trinajstić information content (AvgIpc) is 2.57. The SMILES string of the molecule is CCC1CN(C)CCCN1Cc1cc(F)c(O)c(F)c1. The van der Waals surface area contributed by atoms with E-state index in [0.29, 0.717) is 18.2 Å². The van der Waals surface area contributed by atoms with Crippen molar-refractivity contribution in [1.29, 1.82) is 0 Å². The van der Waals surface area contributed by atoms with E-state index in [-0.39, 0.29) is 0 Å². The third-order valence-electron chi connectivity index (χ3n) is 3.96. The lowest BCUT2D eigenvalue weighted by Gasteiger charge is -2.30. The first kappa shape index (κ1) is 15.2. The number of hydrogen-bond acceptors (Lipinski definition) is 3. The minimum Gasteiger partial charge on any atom is -0.503 e. The lowest BCUT2D eigenvalue weighted by atomic mass is 10.1. The number of phenolic OH excluding ortho intramolecular Hbond substituents is 1. The highest BCUT2D eigenvalue weighted by Crippen LogP contribution is 2.23. The van der Waals surface area contributed by atoms with E-state index in [1.165, 1.54) is 12.1 Å². The quantitative estimate of drug-likeness (QED) is 0.924. The Balaban J connectivity index is 2.14. The van der Waals surface area contributed by atoms with E-state index >= 15 is 0 Å². The summed E-state index contributed by atoms with van der Waals surface area (Å²) in [5, 5.41) is 9.14. The van der Waals surface area contributed by atoms with Crippen molar-refractivity contribution in [3.63, 3.8) is 0 Å². The molecule has 1 N–H and O–H groups in total. The van der Waals surface area contributed by atoms with Gasteiger partial charge < -0.3 is 10.0 Å². The van der Waals surface area contributed by atoms with E-state index in [2.05, 4.69) is 23.8 Å². The van der Waals surface area contributed by atoms with Crippen molar-refractivity contribution < 1.29 is 13.9 Å². The van der Waals surface area contributed by atoms with E-state index < -0.39 is 17.4 Å². The van der Waals surface area contributed by atoms with Gasteiger partial charge in [-0.2, -0.15) is 0 Å². The fourth-order valence-electron chi connectivity index (χ4n) is 2.83. The van der Waals surface area contributed by atoms with E-state index in [1.807, 2.05) is 0 Å². The predicted octanol–water partition coefficient (Wildman–Crippen LogP) is 2.59. The fourth-order valence-corrected chi connectivity index (χ4v) is 2.83. The summed E-state index contributed by atoms with van der Waals surface area (Å²) in [6.07, 6.45) is 2.06. The number of likely N-dealkylation sites (N-methyl/N-ethyl adjacent to an activating group) is 1. The molecule has 20 heavy (non-hydrogen) atoms. The Morgan fingerprint density at radius 1 is 1.25 bits per heavy atom. The van der Waals surface area contributed by atoms with Crippen LogP contribution in [0.15, 0.2) is 12.1 Å². The second-order valence-corrected chi connectivity index (χ2v) is 5.56. The Labute approximate surface area is 118 Å². The molecule has 1 aliphatic heterocycles. The zero-order chi connectivity index (χ0) is 14.7. The third kappa shape index (κ3) is 3.46. The molecule has 112 valence electrons. The second kappa shape index (κ2) is 6.50. The molecule has 0 spiro atoms. The van der Waals surface area contributed by atoms with Crippen molar-refractivity contribution in [3.8, 4) is 5.75 Å². The Morgan fingerprint density at radius 3 is 2.50 bits per heavy atom. The van der Waals surface area contributed by atoms with Crippen molar-refractivity contribution in [2.24, 2.45) is 0 Å². The van der Waals surface area contributed by atoms with Crippen LogP contribution in [0.1, 0.15) is 25.3 Å². The maximum atomic E-state index is 13.4. The van der Waals surface area contributed by atoms with Gasteiger partial charge in [0.2, 0.25) is 0 Å². The molecule has 0 aliphatic carbocycles. The molecule has 5 heteroatoms. The largest absolute Gasteiger partial charge is 0.503 e. The minimum atomic E-state index is -0.892. The number of nitrogens with zero attached hydrogens (tertiary/aromatic N) is 2. The van der Waals surface area contributed by atoms with Crippen LogP contribution in [0.25, 0.3) is 0 Å². The van der Waals surface area contributed by atoms with Crippen LogP contribution < -0.4 is 0 Å². The Bertz CT molecular complexity index is 444. The Hall–Kier alpha value is -1.20. The summed E-state index contributed by atoms with van der Waals surface area (Å²) in [7, 11) is 2.10. The van der Waals surface area contributed by atoms with Crippen LogP contribution in [0.3, 0.4) is 0 Å². The number of phenols is 1. The maximum absolute atomic E-state index is 13.4. The number of halogens is 2. The van der Waals surface area contributed by atoms with Crippen molar-refractivity contribution >= 4 is 0 Å². The van der Waals surface area contributed by atoms with Crippen molar-refractivity contribution in [2.45, 2.75) is 32.4 Å². The van der Waals surface area contributed by atoms with Crippen LogP contribution in [0.4, 0.5) is 8.78 Å². The molecule has 0 bridgehead atoms. The van der Waals surface area contributed by atoms with Gasteiger partial charge in [-0.3, -0.25) is 4.90 Å². The maximum Gasteiger partial charge on any atom is 0.187 e. The van der Waals surface area contributed by atoms with E-state index in [1.54, 1.807) is 0 Å². The monoisotopic (exact) mass is 284 g/mol. The molecule has 1 heterocycles. The molecule has 0 aromatic heterocycles.